The number of alkyl halides is 1. The number of hydrogen-bond acceptors (Lipinski definition) is 3. The van der Waals surface area contributed by atoms with Gasteiger partial charge in [0, 0.05) is 5.56 Å². The number of carbonyl (C=O) groups excluding carboxylic acids is 1. The number of rotatable bonds is 6. The molecule has 1 N–H and O–H groups in total. The summed E-state index contributed by atoms with van der Waals surface area (Å²) in [5.41, 5.74) is -2.59. The van der Waals surface area contributed by atoms with E-state index in [-0.39, 0.29) is 5.56 Å². The Morgan fingerprint density at radius 3 is 2.16 bits per heavy atom. The van der Waals surface area contributed by atoms with E-state index in [2.05, 4.69) is 4.72 Å². The van der Waals surface area contributed by atoms with Crippen LogP contribution in [0, 0.1) is 5.82 Å². The van der Waals surface area contributed by atoms with Crippen molar-refractivity contribution in [3.8, 4) is 0 Å². The SMILES string of the molecule is CC(C)(C)OC(=O)C[C@](CF)(N[S@@](=O)C(C)(C)C)c1ccccc1F. The van der Waals surface area contributed by atoms with Gasteiger partial charge in [0.05, 0.1) is 27.7 Å². The van der Waals surface area contributed by atoms with Crippen LogP contribution in [0.4, 0.5) is 8.78 Å². The molecule has 0 radical (unpaired) electrons. The largest absolute Gasteiger partial charge is 0.460 e. The van der Waals surface area contributed by atoms with Gasteiger partial charge in [0.15, 0.2) is 0 Å². The van der Waals surface area contributed by atoms with Crippen LogP contribution < -0.4 is 4.72 Å². The minimum atomic E-state index is -1.77. The van der Waals surface area contributed by atoms with Crippen LogP contribution in [0.15, 0.2) is 24.3 Å². The lowest BCUT2D eigenvalue weighted by atomic mass is 9.88. The average Bonchev–Trinajstić information content (AvgIpc) is 2.43. The van der Waals surface area contributed by atoms with E-state index < -0.39 is 51.8 Å². The second kappa shape index (κ2) is 7.91. The van der Waals surface area contributed by atoms with E-state index in [0.717, 1.165) is 0 Å². The van der Waals surface area contributed by atoms with Gasteiger partial charge in [-0.05, 0) is 47.6 Å². The first-order chi connectivity index (χ1) is 11.3. The van der Waals surface area contributed by atoms with E-state index in [0.29, 0.717) is 0 Å². The van der Waals surface area contributed by atoms with E-state index in [9.17, 15) is 17.8 Å². The highest BCUT2D eigenvalue weighted by Crippen LogP contribution is 2.31. The van der Waals surface area contributed by atoms with Crippen molar-refractivity contribution in [3.05, 3.63) is 35.6 Å². The quantitative estimate of drug-likeness (QED) is 0.770. The van der Waals surface area contributed by atoms with Gasteiger partial charge in [-0.25, -0.2) is 17.7 Å². The van der Waals surface area contributed by atoms with Crippen LogP contribution in [0.2, 0.25) is 0 Å². The molecular formula is C18H27F2NO3S. The van der Waals surface area contributed by atoms with Gasteiger partial charge in [-0.3, -0.25) is 4.79 Å². The maximum Gasteiger partial charge on any atom is 0.308 e. The second-order valence-corrected chi connectivity index (χ2v) is 9.91. The first kappa shape index (κ1) is 21.7. The van der Waals surface area contributed by atoms with Gasteiger partial charge in [0.1, 0.15) is 18.1 Å². The molecule has 0 aliphatic carbocycles. The molecule has 0 unspecified atom stereocenters. The van der Waals surface area contributed by atoms with Crippen molar-refractivity contribution in [2.45, 2.75) is 63.9 Å². The standard InChI is InChI=1S/C18H27F2NO3S/c1-16(2,3)24-15(22)11-18(12-19,21-25(23)17(4,5)6)13-9-7-8-10-14(13)20/h7-10,21H,11-12H2,1-6H3/t18-,25+/m1/s1. The summed E-state index contributed by atoms with van der Waals surface area (Å²) < 4.78 is 48.2. The van der Waals surface area contributed by atoms with Gasteiger partial charge in [-0.15, -0.1) is 0 Å². The van der Waals surface area contributed by atoms with Gasteiger partial charge in [-0.1, -0.05) is 18.2 Å². The van der Waals surface area contributed by atoms with Crippen molar-refractivity contribution in [1.82, 2.24) is 4.72 Å². The highest BCUT2D eigenvalue weighted by molar-refractivity contribution is 7.84. The Kier molecular flexibility index (Phi) is 6.87. The van der Waals surface area contributed by atoms with E-state index >= 15 is 0 Å². The Balaban J connectivity index is 3.31. The first-order valence-electron chi connectivity index (χ1n) is 8.03. The Morgan fingerprint density at radius 1 is 1.16 bits per heavy atom. The molecule has 142 valence electrons. The summed E-state index contributed by atoms with van der Waals surface area (Å²) in [4.78, 5) is 12.3. The van der Waals surface area contributed by atoms with E-state index in [4.69, 9.17) is 4.74 Å². The third-order valence-electron chi connectivity index (χ3n) is 3.33. The Hall–Kier alpha value is -1.34. The fourth-order valence-electron chi connectivity index (χ4n) is 2.14. The molecule has 1 aromatic rings. The Morgan fingerprint density at radius 2 is 1.72 bits per heavy atom. The summed E-state index contributed by atoms with van der Waals surface area (Å²) >= 11 is 0. The number of benzene rings is 1. The van der Waals surface area contributed by atoms with Gasteiger partial charge >= 0.3 is 5.97 Å². The molecule has 0 aliphatic heterocycles. The summed E-state index contributed by atoms with van der Waals surface area (Å²) in [5, 5.41) is 0. The zero-order chi connectivity index (χ0) is 19.5. The van der Waals surface area contributed by atoms with Crippen LogP contribution in [0.5, 0.6) is 0 Å². The molecule has 0 fully saturated rings. The highest BCUT2D eigenvalue weighted by atomic mass is 32.2. The molecule has 1 aromatic carbocycles. The molecule has 1 rings (SSSR count). The van der Waals surface area contributed by atoms with Crippen LogP contribution in [0.3, 0.4) is 0 Å². The molecule has 0 aromatic heterocycles. The lowest BCUT2D eigenvalue weighted by Gasteiger charge is -2.35. The maximum atomic E-state index is 14.3. The molecule has 0 bridgehead atoms. The molecular weight excluding hydrogens is 348 g/mol. The average molecular weight is 375 g/mol. The van der Waals surface area contributed by atoms with Crippen molar-refractivity contribution in [3.63, 3.8) is 0 Å². The number of esters is 1. The van der Waals surface area contributed by atoms with Crippen LogP contribution in [0.1, 0.15) is 53.5 Å². The third kappa shape index (κ3) is 6.15. The maximum absolute atomic E-state index is 14.3. The van der Waals surface area contributed by atoms with E-state index in [1.807, 2.05) is 0 Å². The molecule has 4 nitrogen and oxygen atoms in total. The number of halogens is 2. The Labute approximate surface area is 150 Å². The third-order valence-corrected chi connectivity index (χ3v) is 5.02. The topological polar surface area (TPSA) is 55.4 Å². The van der Waals surface area contributed by atoms with Crippen LogP contribution in [-0.4, -0.2) is 27.2 Å². The van der Waals surface area contributed by atoms with Crippen LogP contribution in [0.25, 0.3) is 0 Å². The lowest BCUT2D eigenvalue weighted by Crippen LogP contribution is -2.51. The molecule has 0 saturated carbocycles. The molecule has 0 heterocycles. The summed E-state index contributed by atoms with van der Waals surface area (Å²) in [6.45, 7) is 9.05. The number of carbonyl (C=O) groups is 1. The monoisotopic (exact) mass is 375 g/mol. The zero-order valence-corrected chi connectivity index (χ0v) is 16.4. The fraction of sp³-hybridized carbons (Fsp3) is 0.611. The summed E-state index contributed by atoms with van der Waals surface area (Å²) in [6.07, 6.45) is -0.483. The van der Waals surface area contributed by atoms with Crippen LogP contribution >= 0.6 is 0 Å². The summed E-state index contributed by atoms with van der Waals surface area (Å²) in [5.74, 6) is -1.38. The normalized spacial score (nSPS) is 16.2. The predicted molar refractivity (Wildman–Crippen MR) is 95.5 cm³/mol. The van der Waals surface area contributed by atoms with Gasteiger partial charge < -0.3 is 4.74 Å². The minimum absolute atomic E-state index is 0.0547. The van der Waals surface area contributed by atoms with Crippen molar-refractivity contribution >= 4 is 17.0 Å². The number of nitrogens with one attached hydrogen (secondary N) is 1. The predicted octanol–water partition coefficient (Wildman–Crippen LogP) is 3.77. The molecule has 7 heteroatoms. The number of ether oxygens (including phenoxy) is 1. The molecule has 2 atom stereocenters. The zero-order valence-electron chi connectivity index (χ0n) is 15.6. The van der Waals surface area contributed by atoms with E-state index in [1.54, 1.807) is 47.6 Å². The first-order valence-corrected chi connectivity index (χ1v) is 9.18. The summed E-state index contributed by atoms with van der Waals surface area (Å²) in [7, 11) is -1.72. The molecule has 0 aliphatic rings. The molecule has 0 saturated heterocycles. The van der Waals surface area contributed by atoms with Gasteiger partial charge in [0.2, 0.25) is 0 Å². The van der Waals surface area contributed by atoms with Gasteiger partial charge in [-0.2, -0.15) is 0 Å². The van der Waals surface area contributed by atoms with E-state index in [1.165, 1.54) is 18.2 Å². The van der Waals surface area contributed by atoms with Crippen molar-refractivity contribution in [2.24, 2.45) is 0 Å². The van der Waals surface area contributed by atoms with Crippen molar-refractivity contribution < 1.29 is 22.5 Å². The highest BCUT2D eigenvalue weighted by Gasteiger charge is 2.41. The smallest absolute Gasteiger partial charge is 0.308 e. The van der Waals surface area contributed by atoms with Crippen molar-refractivity contribution in [1.29, 1.82) is 0 Å². The Bertz CT molecular complexity index is 638. The van der Waals surface area contributed by atoms with Gasteiger partial charge in [0.25, 0.3) is 0 Å². The molecule has 0 amide bonds. The fourth-order valence-corrected chi connectivity index (χ4v) is 3.03. The second-order valence-electron chi connectivity index (χ2n) is 7.94. The number of hydrogen-bond donors (Lipinski definition) is 1. The summed E-state index contributed by atoms with van der Waals surface area (Å²) in [6, 6.07) is 5.57. The molecule has 25 heavy (non-hydrogen) atoms. The van der Waals surface area contributed by atoms with Crippen LogP contribution in [-0.2, 0) is 26.1 Å². The minimum Gasteiger partial charge on any atom is -0.460 e. The molecule has 0 spiro atoms. The lowest BCUT2D eigenvalue weighted by molar-refractivity contribution is -0.156. The van der Waals surface area contributed by atoms with Crippen molar-refractivity contribution in [2.75, 3.05) is 6.67 Å².